The van der Waals surface area contributed by atoms with Gasteiger partial charge in [-0.15, -0.1) is 11.3 Å². The Morgan fingerprint density at radius 3 is 2.48 bits per heavy atom. The summed E-state index contributed by atoms with van der Waals surface area (Å²) in [4.78, 5) is 27.5. The van der Waals surface area contributed by atoms with E-state index >= 15 is 0 Å². The van der Waals surface area contributed by atoms with Gasteiger partial charge in [0.1, 0.15) is 10.8 Å². The fraction of sp³-hybridized carbons (Fsp3) is 0. The molecule has 0 atom stereocenters. The number of halogens is 2. The highest BCUT2D eigenvalue weighted by Crippen LogP contribution is 2.34. The maximum absolute atomic E-state index is 14.1. The molecule has 0 bridgehead atoms. The average Bonchev–Trinajstić information content (AvgIpc) is 3.24. The van der Waals surface area contributed by atoms with Crippen molar-refractivity contribution in [2.24, 2.45) is 0 Å². The summed E-state index contributed by atoms with van der Waals surface area (Å²) in [5.74, 6) is -0.880. The number of benzene rings is 3. The fourth-order valence-electron chi connectivity index (χ4n) is 2.96. The molecule has 1 heterocycles. The second-order valence-electron chi connectivity index (χ2n) is 6.44. The third-order valence-electron chi connectivity index (χ3n) is 4.47. The summed E-state index contributed by atoms with van der Waals surface area (Å²) in [5.41, 5.74) is 2.00. The van der Waals surface area contributed by atoms with Crippen LogP contribution in [-0.4, -0.2) is 15.8 Å². The zero-order chi connectivity index (χ0) is 22.0. The molecule has 4 aromatic rings. The normalized spacial score (nSPS) is 10.6. The highest BCUT2D eigenvalue weighted by molar-refractivity contribution is 7.13. The molecular weight excluding hydrogens is 441 g/mol. The molecule has 0 fully saturated rings. The first-order chi connectivity index (χ1) is 14.9. The molecule has 0 aliphatic rings. The van der Waals surface area contributed by atoms with Crippen molar-refractivity contribution in [1.29, 1.82) is 0 Å². The van der Waals surface area contributed by atoms with Crippen molar-refractivity contribution in [3.05, 3.63) is 98.6 Å². The van der Waals surface area contributed by atoms with E-state index in [2.05, 4.69) is 10.3 Å². The van der Waals surface area contributed by atoms with Crippen LogP contribution in [0.15, 0.2) is 72.1 Å². The number of hydrogen-bond donors (Lipinski definition) is 1. The van der Waals surface area contributed by atoms with Gasteiger partial charge in [0.05, 0.1) is 26.9 Å². The van der Waals surface area contributed by atoms with E-state index in [-0.39, 0.29) is 22.1 Å². The number of carbonyl (C=O) groups is 1. The Bertz CT molecular complexity index is 1310. The Morgan fingerprint density at radius 1 is 1.06 bits per heavy atom. The van der Waals surface area contributed by atoms with E-state index in [1.54, 1.807) is 47.8 Å². The minimum Gasteiger partial charge on any atom is -0.321 e. The summed E-state index contributed by atoms with van der Waals surface area (Å²) in [6.45, 7) is 0. The van der Waals surface area contributed by atoms with Gasteiger partial charge in [0.2, 0.25) is 0 Å². The van der Waals surface area contributed by atoms with Gasteiger partial charge in [-0.05, 0) is 24.3 Å². The smallest absolute Gasteiger partial charge is 0.270 e. The third-order valence-corrected chi connectivity index (χ3v) is 5.66. The second kappa shape index (κ2) is 8.63. The summed E-state index contributed by atoms with van der Waals surface area (Å²) >= 11 is 7.36. The average molecular weight is 454 g/mol. The quantitative estimate of drug-likeness (QED) is 0.278. The van der Waals surface area contributed by atoms with Gasteiger partial charge in [-0.25, -0.2) is 9.37 Å². The van der Waals surface area contributed by atoms with Crippen LogP contribution in [0.25, 0.3) is 21.8 Å². The van der Waals surface area contributed by atoms with E-state index in [4.69, 9.17) is 11.6 Å². The van der Waals surface area contributed by atoms with Gasteiger partial charge in [-0.1, -0.05) is 41.9 Å². The molecule has 0 spiro atoms. The van der Waals surface area contributed by atoms with Crippen LogP contribution >= 0.6 is 22.9 Å². The van der Waals surface area contributed by atoms with E-state index in [0.717, 1.165) is 6.07 Å². The number of nitro groups is 1. The number of hydrogen-bond acceptors (Lipinski definition) is 5. The molecule has 0 aliphatic heterocycles. The SMILES string of the molecule is O=C(Nc1ccccc1-c1csc(-c2ccccc2F)n1)c1ccc([N+](=O)[O-])cc1Cl. The maximum Gasteiger partial charge on any atom is 0.270 e. The molecule has 3 aromatic carbocycles. The number of para-hydroxylation sites is 1. The zero-order valence-corrected chi connectivity index (χ0v) is 17.3. The predicted molar refractivity (Wildman–Crippen MR) is 119 cm³/mol. The lowest BCUT2D eigenvalue weighted by Crippen LogP contribution is -2.13. The molecule has 1 N–H and O–H groups in total. The molecular formula is C22H13ClFN3O3S. The number of nitro benzene ring substituents is 1. The monoisotopic (exact) mass is 453 g/mol. The summed E-state index contributed by atoms with van der Waals surface area (Å²) in [6, 6.07) is 17.1. The van der Waals surface area contributed by atoms with Crippen LogP contribution in [0, 0.1) is 15.9 Å². The number of carbonyl (C=O) groups excluding carboxylic acids is 1. The molecule has 0 saturated heterocycles. The Labute approximate surface area is 185 Å². The van der Waals surface area contributed by atoms with Crippen molar-refractivity contribution < 1.29 is 14.1 Å². The second-order valence-corrected chi connectivity index (χ2v) is 7.70. The Hall–Kier alpha value is -3.62. The van der Waals surface area contributed by atoms with Crippen LogP contribution in [0.1, 0.15) is 10.4 Å². The number of rotatable bonds is 5. The van der Waals surface area contributed by atoms with Crippen molar-refractivity contribution in [2.75, 3.05) is 5.32 Å². The number of aromatic nitrogens is 1. The molecule has 4 rings (SSSR count). The first-order valence-corrected chi connectivity index (χ1v) is 10.2. The number of anilines is 1. The van der Waals surface area contributed by atoms with E-state index in [9.17, 15) is 19.3 Å². The van der Waals surface area contributed by atoms with E-state index < -0.39 is 10.8 Å². The first-order valence-electron chi connectivity index (χ1n) is 8.99. The molecule has 6 nitrogen and oxygen atoms in total. The lowest BCUT2D eigenvalue weighted by atomic mass is 10.1. The van der Waals surface area contributed by atoms with Crippen molar-refractivity contribution in [3.8, 4) is 21.8 Å². The van der Waals surface area contributed by atoms with Gasteiger partial charge in [-0.2, -0.15) is 0 Å². The summed E-state index contributed by atoms with van der Waals surface area (Å²) < 4.78 is 14.1. The van der Waals surface area contributed by atoms with Crippen LogP contribution in [0.4, 0.5) is 15.8 Å². The van der Waals surface area contributed by atoms with Crippen LogP contribution in [-0.2, 0) is 0 Å². The Balaban J connectivity index is 1.64. The molecule has 9 heteroatoms. The highest BCUT2D eigenvalue weighted by atomic mass is 35.5. The molecule has 1 aromatic heterocycles. The van der Waals surface area contributed by atoms with Gasteiger partial charge in [0.25, 0.3) is 11.6 Å². The van der Waals surface area contributed by atoms with Crippen molar-refractivity contribution in [1.82, 2.24) is 4.98 Å². The summed E-state index contributed by atoms with van der Waals surface area (Å²) in [5, 5.41) is 15.9. The van der Waals surface area contributed by atoms with E-state index in [0.29, 0.717) is 27.5 Å². The molecule has 31 heavy (non-hydrogen) atoms. The number of amides is 1. The van der Waals surface area contributed by atoms with Crippen LogP contribution < -0.4 is 5.32 Å². The molecule has 0 aliphatic carbocycles. The van der Waals surface area contributed by atoms with Crippen LogP contribution in [0.5, 0.6) is 0 Å². The van der Waals surface area contributed by atoms with Crippen LogP contribution in [0.3, 0.4) is 0 Å². The lowest BCUT2D eigenvalue weighted by molar-refractivity contribution is -0.384. The van der Waals surface area contributed by atoms with Gasteiger partial charge >= 0.3 is 0 Å². The van der Waals surface area contributed by atoms with Gasteiger partial charge < -0.3 is 5.32 Å². The number of nitrogens with one attached hydrogen (secondary N) is 1. The minimum absolute atomic E-state index is 0.0281. The zero-order valence-electron chi connectivity index (χ0n) is 15.7. The summed E-state index contributed by atoms with van der Waals surface area (Å²) in [7, 11) is 0. The van der Waals surface area contributed by atoms with Gasteiger partial charge in [0, 0.05) is 28.6 Å². The standard InChI is InChI=1S/C22H13ClFN3O3S/c23-17-11-13(27(29)30)9-10-14(17)21(28)25-19-8-4-2-6-16(19)20-12-31-22(26-20)15-5-1-3-7-18(15)24/h1-12H,(H,25,28). The van der Waals surface area contributed by atoms with Crippen molar-refractivity contribution in [2.45, 2.75) is 0 Å². The molecule has 0 unspecified atom stereocenters. The van der Waals surface area contributed by atoms with Crippen LogP contribution in [0.2, 0.25) is 5.02 Å². The van der Waals surface area contributed by atoms with Gasteiger partial charge in [0.15, 0.2) is 0 Å². The number of nitrogens with zero attached hydrogens (tertiary/aromatic N) is 2. The Morgan fingerprint density at radius 2 is 1.77 bits per heavy atom. The molecule has 0 radical (unpaired) electrons. The predicted octanol–water partition coefficient (Wildman–Crippen LogP) is 6.43. The first kappa shape index (κ1) is 20.6. The lowest BCUT2D eigenvalue weighted by Gasteiger charge is -2.10. The van der Waals surface area contributed by atoms with Crippen molar-refractivity contribution >= 4 is 40.2 Å². The van der Waals surface area contributed by atoms with Gasteiger partial charge in [-0.3, -0.25) is 14.9 Å². The molecule has 154 valence electrons. The van der Waals surface area contributed by atoms with E-state index in [1.165, 1.54) is 29.5 Å². The third kappa shape index (κ3) is 4.30. The van der Waals surface area contributed by atoms with Crippen molar-refractivity contribution in [3.63, 3.8) is 0 Å². The molecule has 1 amide bonds. The molecule has 0 saturated carbocycles. The number of thiazole rings is 1. The maximum atomic E-state index is 14.1. The largest absolute Gasteiger partial charge is 0.321 e. The van der Waals surface area contributed by atoms with E-state index in [1.807, 2.05) is 0 Å². The fourth-order valence-corrected chi connectivity index (χ4v) is 4.07. The number of non-ortho nitro benzene ring substituents is 1. The minimum atomic E-state index is -0.585. The topological polar surface area (TPSA) is 85.1 Å². The summed E-state index contributed by atoms with van der Waals surface area (Å²) in [6.07, 6.45) is 0. The Kier molecular flexibility index (Phi) is 5.75. The highest BCUT2D eigenvalue weighted by Gasteiger charge is 2.18.